The summed E-state index contributed by atoms with van der Waals surface area (Å²) in [4.78, 5) is 17.0. The summed E-state index contributed by atoms with van der Waals surface area (Å²) in [5, 5.41) is 0. The van der Waals surface area contributed by atoms with Crippen molar-refractivity contribution < 1.29 is 22.0 Å². The van der Waals surface area contributed by atoms with Crippen molar-refractivity contribution in [3.05, 3.63) is 0 Å². The summed E-state index contributed by atoms with van der Waals surface area (Å²) >= 11 is -1.75. The van der Waals surface area contributed by atoms with Crippen LogP contribution in [0.4, 0.5) is 0 Å². The number of hydrogen-bond donors (Lipinski definition) is 0. The molecule has 0 unspecified atom stereocenters. The molecule has 0 aromatic heterocycles. The van der Waals surface area contributed by atoms with E-state index in [1.165, 1.54) is 0 Å². The van der Waals surface area contributed by atoms with E-state index in [0.717, 1.165) is 0 Å². The number of rotatable bonds is 0. The van der Waals surface area contributed by atoms with Crippen LogP contribution in [-0.2, 0) is 8.27 Å². The molecule has 0 rings (SSSR count). The van der Waals surface area contributed by atoms with Crippen LogP contribution < -0.4 is 13.7 Å². The van der Waals surface area contributed by atoms with Crippen molar-refractivity contribution in [1.82, 2.24) is 0 Å². The maximum atomic E-state index is 8.52. The summed E-state index contributed by atoms with van der Waals surface area (Å²) in [5.41, 5.74) is 0. The van der Waals surface area contributed by atoms with E-state index in [1.807, 2.05) is 0 Å². The molecule has 5 nitrogen and oxygen atoms in total. The van der Waals surface area contributed by atoms with Gasteiger partial charge in [0.15, 0.2) is 0 Å². The molecular weight excluding hydrogens is 162 g/mol. The molecule has 0 heterocycles. The second-order valence-electron chi connectivity index (χ2n) is 0.346. The molecule has 0 saturated carbocycles. The zero-order chi connectivity index (χ0) is 6.28. The Bertz CT molecular complexity index is 57.4. The normalized spacial score (nSPS) is 4.00. The third-order valence-corrected chi connectivity index (χ3v) is 0. The second kappa shape index (κ2) is 15.7. The minimum absolute atomic E-state index is 0. The molecule has 8 heavy (non-hydrogen) atoms. The van der Waals surface area contributed by atoms with E-state index in [9.17, 15) is 0 Å². The van der Waals surface area contributed by atoms with Crippen molar-refractivity contribution in [2.75, 3.05) is 0 Å². The van der Waals surface area contributed by atoms with Crippen molar-refractivity contribution in [2.45, 2.75) is 0 Å². The van der Waals surface area contributed by atoms with Gasteiger partial charge in [0.05, 0.1) is 0 Å². The topological polar surface area (TPSA) is 103 Å². The van der Waals surface area contributed by atoms with Gasteiger partial charge in [-0.1, -0.05) is 0 Å². The summed E-state index contributed by atoms with van der Waals surface area (Å²) in [6.07, 6.45) is 0. The van der Waals surface area contributed by atoms with Crippen LogP contribution in [0, 0.1) is 0 Å². The Kier molecular flexibility index (Phi) is 30.8. The second-order valence-corrected chi connectivity index (χ2v) is 1.04. The van der Waals surface area contributed by atoms with Gasteiger partial charge >= 0.3 is 40.8 Å². The van der Waals surface area contributed by atoms with E-state index < -0.39 is 24.7 Å². The molecule has 0 N–H and O–H groups in total. The molecule has 0 bridgehead atoms. The number of hydrogen-bond acceptors (Lipinski definition) is 5. The average Bonchev–Trinajstić information content (AvgIpc) is 1.33. The van der Waals surface area contributed by atoms with Crippen molar-refractivity contribution in [3.8, 4) is 0 Å². The molecule has 40 valence electrons. The molecule has 0 spiro atoms. The Hall–Kier alpha value is 0.282. The predicted octanol–water partition coefficient (Wildman–Crippen LogP) is -4.95. The van der Waals surface area contributed by atoms with Gasteiger partial charge in [0.25, 0.3) is 0 Å². The van der Waals surface area contributed by atoms with Crippen LogP contribution in [0.25, 0.3) is 0 Å². The third kappa shape index (κ3) is 2210. The molecule has 0 aromatic rings. The predicted molar refractivity (Wildman–Crippen MR) is 18.6 cm³/mol. The van der Waals surface area contributed by atoms with Gasteiger partial charge in [-0.05, 0) is 0 Å². The molecule has 0 aliphatic carbocycles. The fourth-order valence-corrected chi connectivity index (χ4v) is 0. The first-order valence-corrected chi connectivity index (χ1v) is 3.25. The van der Waals surface area contributed by atoms with Gasteiger partial charge in [-0.15, -0.1) is 0 Å². The van der Waals surface area contributed by atoms with Crippen LogP contribution in [-0.4, -0.2) is 42.0 Å². The first-order chi connectivity index (χ1) is 3.15. The Labute approximate surface area is 64.3 Å². The van der Waals surface area contributed by atoms with Crippen molar-refractivity contribution in [1.29, 1.82) is 0 Å². The van der Waals surface area contributed by atoms with Crippen LogP contribution >= 0.6 is 0 Å². The van der Waals surface area contributed by atoms with Gasteiger partial charge < -0.3 is 14.1 Å². The summed E-state index contributed by atoms with van der Waals surface area (Å²) < 4.78 is 25.4. The third-order valence-electron chi connectivity index (χ3n) is 0. The van der Waals surface area contributed by atoms with Gasteiger partial charge in [0.2, 0.25) is 0 Å². The summed E-state index contributed by atoms with van der Waals surface area (Å²) in [6.45, 7) is 0. The van der Waals surface area contributed by atoms with Crippen LogP contribution in [0.3, 0.4) is 0 Å². The molecule has 0 radical (unpaired) electrons. The molecule has 0 aliphatic heterocycles. The summed E-state index contributed by atoms with van der Waals surface area (Å²) in [7, 11) is -3.63. The Morgan fingerprint density at radius 1 is 1.38 bits per heavy atom. The van der Waals surface area contributed by atoms with Crippen molar-refractivity contribution in [2.24, 2.45) is 0 Å². The first-order valence-electron chi connectivity index (χ1n) is 1.08. The fraction of sp³-hybridized carbons (Fsp3) is 0. The van der Waals surface area contributed by atoms with Gasteiger partial charge in [-0.3, -0.25) is 0 Å². The molecular formula is Al2O5Si. The molecule has 0 atom stereocenters. The SMILES string of the molecule is O=[Si]([O-])[O-].[Al+3].[O]=[Al][O-]. The zero-order valence-corrected chi connectivity index (χ0v) is 7.01. The van der Waals surface area contributed by atoms with E-state index in [1.54, 1.807) is 0 Å². The van der Waals surface area contributed by atoms with E-state index in [-0.39, 0.29) is 17.4 Å². The van der Waals surface area contributed by atoms with E-state index >= 15 is 0 Å². The summed E-state index contributed by atoms with van der Waals surface area (Å²) in [5.74, 6) is 0. The van der Waals surface area contributed by atoms with Crippen molar-refractivity contribution in [3.63, 3.8) is 0 Å². The Morgan fingerprint density at radius 2 is 1.38 bits per heavy atom. The summed E-state index contributed by atoms with van der Waals surface area (Å²) in [6, 6.07) is 0. The average molecular weight is 162 g/mol. The molecule has 0 aromatic carbocycles. The molecule has 8 heteroatoms. The molecule has 0 fully saturated rings. The molecule has 0 aliphatic rings. The Morgan fingerprint density at radius 3 is 1.38 bits per heavy atom. The molecule has 0 amide bonds. The van der Waals surface area contributed by atoms with Crippen LogP contribution in [0.1, 0.15) is 0 Å². The van der Waals surface area contributed by atoms with E-state index in [2.05, 4.69) is 0 Å². The van der Waals surface area contributed by atoms with Crippen LogP contribution in [0.5, 0.6) is 0 Å². The van der Waals surface area contributed by atoms with Gasteiger partial charge in [-0.2, -0.15) is 0 Å². The van der Waals surface area contributed by atoms with E-state index in [0.29, 0.717) is 0 Å². The Balaban J connectivity index is -0.0000000575. The zero-order valence-electron chi connectivity index (χ0n) is 3.70. The monoisotopic (exact) mass is 162 g/mol. The fourth-order valence-electron chi connectivity index (χ4n) is 0. The standard InChI is InChI=1S/2Al.O3Si.2O/c;;1-4(2)3;;/q;+3;-2;;-1. The van der Waals surface area contributed by atoms with Gasteiger partial charge in [0.1, 0.15) is 0 Å². The maximum absolute atomic E-state index is 8.52. The van der Waals surface area contributed by atoms with Gasteiger partial charge in [0, 0.05) is 9.17 Å². The van der Waals surface area contributed by atoms with Gasteiger partial charge in [-0.25, -0.2) is 0 Å². The van der Waals surface area contributed by atoms with Crippen LogP contribution in [0.15, 0.2) is 0 Å². The van der Waals surface area contributed by atoms with Crippen LogP contribution in [0.2, 0.25) is 0 Å². The minimum atomic E-state index is -3.63. The quantitative estimate of drug-likeness (QED) is 0.332. The first kappa shape index (κ1) is 15.7. The molecule has 0 saturated heterocycles. The van der Waals surface area contributed by atoms with E-state index in [4.69, 9.17) is 22.0 Å². The van der Waals surface area contributed by atoms with Crippen molar-refractivity contribution >= 4 is 42.0 Å².